The van der Waals surface area contributed by atoms with Crippen molar-refractivity contribution in [3.63, 3.8) is 0 Å². The number of para-hydroxylation sites is 2. The van der Waals surface area contributed by atoms with Crippen molar-refractivity contribution in [3.8, 4) is 39.1 Å². The lowest BCUT2D eigenvalue weighted by atomic mass is 9.82. The topological polar surface area (TPSA) is 8.17 Å². The Morgan fingerprint density at radius 1 is 0.323 bits per heavy atom. The zero-order valence-corrected chi connectivity index (χ0v) is 36.3. The van der Waals surface area contributed by atoms with Gasteiger partial charge in [0.1, 0.15) is 0 Å². The number of nitrogens with zero attached hydrogens (tertiary/aromatic N) is 2. The van der Waals surface area contributed by atoms with Gasteiger partial charge in [-0.1, -0.05) is 172 Å². The summed E-state index contributed by atoms with van der Waals surface area (Å²) in [5, 5.41) is 10.1. The minimum absolute atomic E-state index is 0.250. The molecule has 1 aliphatic carbocycles. The molecule has 65 heavy (non-hydrogen) atoms. The highest BCUT2D eigenvalue weighted by Gasteiger charge is 2.36. The number of rotatable bonds is 6. The summed E-state index contributed by atoms with van der Waals surface area (Å²) in [6.45, 7) is 4.79. The fourth-order valence-corrected chi connectivity index (χ4v) is 10.9. The van der Waals surface area contributed by atoms with E-state index in [0.717, 1.165) is 17.1 Å². The van der Waals surface area contributed by atoms with E-state index in [0.29, 0.717) is 0 Å². The summed E-state index contributed by atoms with van der Waals surface area (Å²) in [7, 11) is 0. The molecule has 12 aromatic rings. The summed E-state index contributed by atoms with van der Waals surface area (Å²) in [6.07, 6.45) is 0. The Hall–Kier alpha value is -8.20. The maximum absolute atomic E-state index is 2.46. The quantitative estimate of drug-likeness (QED) is 0.152. The van der Waals surface area contributed by atoms with Crippen molar-refractivity contribution in [2.24, 2.45) is 0 Å². The molecule has 0 fully saturated rings. The van der Waals surface area contributed by atoms with Crippen molar-refractivity contribution in [3.05, 3.63) is 242 Å². The van der Waals surface area contributed by atoms with Crippen LogP contribution in [0.5, 0.6) is 0 Å². The second kappa shape index (κ2) is 14.4. The number of anilines is 3. The van der Waals surface area contributed by atoms with E-state index in [1.807, 2.05) is 0 Å². The van der Waals surface area contributed by atoms with E-state index >= 15 is 0 Å². The van der Waals surface area contributed by atoms with E-state index in [1.165, 1.54) is 104 Å². The van der Waals surface area contributed by atoms with Crippen molar-refractivity contribution >= 4 is 71.2 Å². The standard InChI is InChI=1S/C63H44N2/c1-63(2)59-39-49(31-33-54(59)55-34-32-50(40-60(55)63)65-61-27-11-9-25-56(61)57-26-10-12-28-62(57)65)64(47-20-13-18-43(36-47)44-30-29-41-15-3-4-16-42(41)35-44)48-21-14-19-45(37-48)58-38-46-17-5-6-22-51(46)52-23-7-8-24-53(52)58/h3-40H,1-2H3. The third-order valence-corrected chi connectivity index (χ3v) is 14.1. The van der Waals surface area contributed by atoms with Gasteiger partial charge in [0.2, 0.25) is 0 Å². The van der Waals surface area contributed by atoms with Crippen LogP contribution in [0.3, 0.4) is 0 Å². The largest absolute Gasteiger partial charge is 0.310 e. The molecule has 0 unspecified atom stereocenters. The molecule has 0 atom stereocenters. The van der Waals surface area contributed by atoms with Gasteiger partial charge in [0.25, 0.3) is 0 Å². The summed E-state index contributed by atoms with van der Waals surface area (Å²) in [5.41, 5.74) is 16.8. The summed E-state index contributed by atoms with van der Waals surface area (Å²) in [4.78, 5) is 2.46. The van der Waals surface area contributed by atoms with Gasteiger partial charge >= 0.3 is 0 Å². The van der Waals surface area contributed by atoms with Crippen LogP contribution in [0.15, 0.2) is 231 Å². The molecule has 1 heterocycles. The van der Waals surface area contributed by atoms with Crippen LogP contribution in [0.25, 0.3) is 93.2 Å². The monoisotopic (exact) mass is 828 g/mol. The Morgan fingerprint density at radius 3 is 1.60 bits per heavy atom. The SMILES string of the molecule is CC1(C)c2cc(N(c3cccc(-c4ccc5ccccc5c4)c3)c3cccc(-c4cc5ccccc5c5ccccc45)c3)ccc2-c2ccc(-n3c4ccccc4c4ccccc43)cc21. The van der Waals surface area contributed by atoms with Crippen molar-refractivity contribution < 1.29 is 0 Å². The van der Waals surface area contributed by atoms with Crippen LogP contribution in [0.2, 0.25) is 0 Å². The van der Waals surface area contributed by atoms with Gasteiger partial charge < -0.3 is 9.47 Å². The number of aromatic nitrogens is 1. The lowest BCUT2D eigenvalue weighted by Gasteiger charge is -2.29. The zero-order valence-electron chi connectivity index (χ0n) is 36.3. The van der Waals surface area contributed by atoms with E-state index in [4.69, 9.17) is 0 Å². The number of benzene rings is 11. The first-order valence-corrected chi connectivity index (χ1v) is 22.7. The second-order valence-corrected chi connectivity index (χ2v) is 18.1. The van der Waals surface area contributed by atoms with Gasteiger partial charge in [0, 0.05) is 38.9 Å². The molecule has 13 rings (SSSR count). The van der Waals surface area contributed by atoms with Crippen LogP contribution >= 0.6 is 0 Å². The third-order valence-electron chi connectivity index (χ3n) is 14.1. The van der Waals surface area contributed by atoms with Crippen LogP contribution in [0.1, 0.15) is 25.0 Å². The predicted octanol–water partition coefficient (Wildman–Crippen LogP) is 17.4. The first-order valence-electron chi connectivity index (χ1n) is 22.7. The molecule has 0 amide bonds. The normalized spacial score (nSPS) is 12.9. The molecule has 0 spiro atoms. The maximum Gasteiger partial charge on any atom is 0.0541 e. The lowest BCUT2D eigenvalue weighted by molar-refractivity contribution is 0.660. The molecule has 306 valence electrons. The maximum atomic E-state index is 2.46. The van der Waals surface area contributed by atoms with Gasteiger partial charge in [-0.25, -0.2) is 0 Å². The molecule has 0 aliphatic heterocycles. The van der Waals surface area contributed by atoms with Crippen molar-refractivity contribution in [2.45, 2.75) is 19.3 Å². The number of fused-ring (bicyclic) bond motifs is 10. The van der Waals surface area contributed by atoms with Gasteiger partial charge in [-0.3, -0.25) is 0 Å². The fourth-order valence-electron chi connectivity index (χ4n) is 10.9. The molecule has 2 nitrogen and oxygen atoms in total. The van der Waals surface area contributed by atoms with Crippen LogP contribution in [-0.2, 0) is 5.41 Å². The Kier molecular flexibility index (Phi) is 8.29. The molecule has 1 aromatic heterocycles. The van der Waals surface area contributed by atoms with Crippen molar-refractivity contribution in [2.75, 3.05) is 4.90 Å². The predicted molar refractivity (Wildman–Crippen MR) is 276 cm³/mol. The average molecular weight is 829 g/mol. The molecule has 0 saturated heterocycles. The lowest BCUT2D eigenvalue weighted by Crippen LogP contribution is -2.17. The molecule has 0 bridgehead atoms. The van der Waals surface area contributed by atoms with Crippen LogP contribution < -0.4 is 4.90 Å². The van der Waals surface area contributed by atoms with Gasteiger partial charge in [0.05, 0.1) is 11.0 Å². The Bertz CT molecular complexity index is 3830. The molecule has 0 N–H and O–H groups in total. The van der Waals surface area contributed by atoms with Crippen LogP contribution in [0.4, 0.5) is 17.1 Å². The highest BCUT2D eigenvalue weighted by atomic mass is 15.1. The van der Waals surface area contributed by atoms with E-state index < -0.39 is 0 Å². The minimum Gasteiger partial charge on any atom is -0.310 e. The van der Waals surface area contributed by atoms with Gasteiger partial charge in [0.15, 0.2) is 0 Å². The molecule has 2 heteroatoms. The molecular weight excluding hydrogens is 785 g/mol. The number of hydrogen-bond donors (Lipinski definition) is 0. The molecule has 1 aliphatic rings. The highest BCUT2D eigenvalue weighted by Crippen LogP contribution is 2.52. The van der Waals surface area contributed by atoms with Crippen molar-refractivity contribution in [1.82, 2.24) is 4.57 Å². The third kappa shape index (κ3) is 5.88. The van der Waals surface area contributed by atoms with E-state index in [-0.39, 0.29) is 5.41 Å². The molecule has 0 saturated carbocycles. The van der Waals surface area contributed by atoms with E-state index in [1.54, 1.807) is 0 Å². The van der Waals surface area contributed by atoms with Gasteiger partial charge in [-0.15, -0.1) is 0 Å². The Labute approximate surface area is 378 Å². The van der Waals surface area contributed by atoms with Gasteiger partial charge in [-0.2, -0.15) is 0 Å². The minimum atomic E-state index is -0.250. The average Bonchev–Trinajstić information content (AvgIpc) is 3.81. The van der Waals surface area contributed by atoms with E-state index in [9.17, 15) is 0 Å². The first kappa shape index (κ1) is 37.4. The Balaban J connectivity index is 0.972. The smallest absolute Gasteiger partial charge is 0.0541 e. The van der Waals surface area contributed by atoms with E-state index in [2.05, 4.69) is 254 Å². The molecule has 0 radical (unpaired) electrons. The molecular formula is C63H44N2. The number of hydrogen-bond acceptors (Lipinski definition) is 1. The summed E-state index contributed by atoms with van der Waals surface area (Å²) in [5.74, 6) is 0. The fraction of sp³-hybridized carbons (Fsp3) is 0.0476. The summed E-state index contributed by atoms with van der Waals surface area (Å²) in [6, 6.07) is 85.3. The summed E-state index contributed by atoms with van der Waals surface area (Å²) >= 11 is 0. The van der Waals surface area contributed by atoms with Gasteiger partial charge in [-0.05, 0) is 150 Å². The zero-order chi connectivity index (χ0) is 43.2. The first-order chi connectivity index (χ1) is 32.0. The van der Waals surface area contributed by atoms with Crippen LogP contribution in [0, 0.1) is 0 Å². The highest BCUT2D eigenvalue weighted by molar-refractivity contribution is 6.14. The molecule has 11 aromatic carbocycles. The van der Waals surface area contributed by atoms with Crippen molar-refractivity contribution in [1.29, 1.82) is 0 Å². The van der Waals surface area contributed by atoms with Crippen LogP contribution in [-0.4, -0.2) is 4.57 Å². The second-order valence-electron chi connectivity index (χ2n) is 18.1. The Morgan fingerprint density at radius 2 is 0.862 bits per heavy atom. The summed E-state index contributed by atoms with van der Waals surface area (Å²) < 4.78 is 2.44.